The molecule has 2 heterocycles. The molecule has 0 saturated carbocycles. The van der Waals surface area contributed by atoms with E-state index in [1.54, 1.807) is 30.3 Å². The van der Waals surface area contributed by atoms with Crippen LogP contribution in [0.1, 0.15) is 44.4 Å². The normalized spacial score (nSPS) is 18.1. The van der Waals surface area contributed by atoms with Crippen molar-refractivity contribution in [3.05, 3.63) is 77.4 Å². The van der Waals surface area contributed by atoms with Gasteiger partial charge in [-0.15, -0.1) is 0 Å². The first-order valence-corrected chi connectivity index (χ1v) is 14.7. The maximum atomic E-state index is 13.6. The van der Waals surface area contributed by atoms with E-state index in [4.69, 9.17) is 9.47 Å². The summed E-state index contributed by atoms with van der Waals surface area (Å²) < 4.78 is 80.6. The Hall–Kier alpha value is -3.57. The second-order valence-corrected chi connectivity index (χ2v) is 13.2. The highest BCUT2D eigenvalue weighted by Gasteiger charge is 2.37. The van der Waals surface area contributed by atoms with E-state index in [1.165, 1.54) is 17.5 Å². The number of sulfonamides is 1. The van der Waals surface area contributed by atoms with E-state index in [-0.39, 0.29) is 41.4 Å². The van der Waals surface area contributed by atoms with Crippen molar-refractivity contribution in [2.45, 2.75) is 50.2 Å². The van der Waals surface area contributed by atoms with Gasteiger partial charge in [-0.2, -0.15) is 17.5 Å². The van der Waals surface area contributed by atoms with E-state index in [1.807, 2.05) is 24.0 Å². The molecular formula is C30H32F3N3O4S. The third kappa shape index (κ3) is 5.65. The lowest BCUT2D eigenvalue weighted by atomic mass is 9.87. The van der Waals surface area contributed by atoms with Crippen molar-refractivity contribution in [2.75, 3.05) is 26.7 Å². The number of hydrogen-bond acceptors (Lipinski definition) is 6. The van der Waals surface area contributed by atoms with Crippen molar-refractivity contribution in [2.24, 2.45) is 4.99 Å². The standard InChI is InChI=1S/C30H32F3N3O4S/c1-19-18-35(14-15-36(19)41(37,38)23-10-6-20(7-11-23)29(2,3)4)28-24-17-22(39-5)9-13-26(24)40-27-12-8-21(30(31,32)33)16-25(27)34-28/h6-13,16-17,19H,14-15,18H2,1-5H3. The van der Waals surface area contributed by atoms with Gasteiger partial charge in [0.25, 0.3) is 0 Å². The maximum absolute atomic E-state index is 13.6. The maximum Gasteiger partial charge on any atom is 0.416 e. The SMILES string of the molecule is COc1ccc2c(c1)C(N1CCN(S(=O)(=O)c3ccc(C(C)(C)C)cc3)C(C)C1)=Nc1cc(C(F)(F)F)ccc1O2. The number of methoxy groups -OCH3 is 1. The van der Waals surface area contributed by atoms with Crippen LogP contribution in [0.15, 0.2) is 70.6 Å². The number of ether oxygens (including phenoxy) is 2. The Kier molecular flexibility index (Phi) is 7.31. The van der Waals surface area contributed by atoms with Crippen LogP contribution in [-0.4, -0.2) is 56.2 Å². The lowest BCUT2D eigenvalue weighted by Gasteiger charge is -2.40. The van der Waals surface area contributed by atoms with Gasteiger partial charge in [0.05, 0.1) is 23.1 Å². The van der Waals surface area contributed by atoms with Gasteiger partial charge in [-0.3, -0.25) is 0 Å². The number of aliphatic imine (C=N–C) groups is 1. The van der Waals surface area contributed by atoms with Gasteiger partial charge in [0.1, 0.15) is 23.0 Å². The smallest absolute Gasteiger partial charge is 0.416 e. The number of amidine groups is 1. The van der Waals surface area contributed by atoms with Crippen molar-refractivity contribution >= 4 is 21.5 Å². The molecule has 0 aromatic heterocycles. The highest BCUT2D eigenvalue weighted by molar-refractivity contribution is 7.89. The lowest BCUT2D eigenvalue weighted by Crippen LogP contribution is -2.55. The van der Waals surface area contributed by atoms with Gasteiger partial charge in [-0.1, -0.05) is 32.9 Å². The van der Waals surface area contributed by atoms with Crippen molar-refractivity contribution in [1.82, 2.24) is 9.21 Å². The van der Waals surface area contributed by atoms with Crippen LogP contribution >= 0.6 is 0 Å². The lowest BCUT2D eigenvalue weighted by molar-refractivity contribution is -0.137. The van der Waals surface area contributed by atoms with E-state index >= 15 is 0 Å². The molecule has 0 bridgehead atoms. The zero-order valence-electron chi connectivity index (χ0n) is 23.5. The van der Waals surface area contributed by atoms with Crippen LogP contribution in [-0.2, 0) is 21.6 Å². The van der Waals surface area contributed by atoms with Crippen molar-refractivity contribution in [3.63, 3.8) is 0 Å². The Morgan fingerprint density at radius 2 is 1.59 bits per heavy atom. The van der Waals surface area contributed by atoms with Gasteiger partial charge >= 0.3 is 6.18 Å². The number of fused-ring (bicyclic) bond motifs is 2. The molecule has 2 aliphatic heterocycles. The van der Waals surface area contributed by atoms with Crippen LogP contribution in [0.5, 0.6) is 17.2 Å². The Morgan fingerprint density at radius 1 is 0.927 bits per heavy atom. The summed E-state index contributed by atoms with van der Waals surface area (Å²) in [5.74, 6) is 1.50. The Labute approximate surface area is 238 Å². The Morgan fingerprint density at radius 3 is 2.20 bits per heavy atom. The van der Waals surface area contributed by atoms with E-state index in [9.17, 15) is 21.6 Å². The topological polar surface area (TPSA) is 71.4 Å². The molecule has 1 unspecified atom stereocenters. The van der Waals surface area contributed by atoms with Crippen molar-refractivity contribution < 1.29 is 31.1 Å². The molecule has 0 amide bonds. The van der Waals surface area contributed by atoms with Gasteiger partial charge in [-0.25, -0.2) is 13.4 Å². The summed E-state index contributed by atoms with van der Waals surface area (Å²) in [6, 6.07) is 14.8. The molecule has 3 aromatic rings. The molecule has 0 radical (unpaired) electrons. The minimum Gasteiger partial charge on any atom is -0.497 e. The summed E-state index contributed by atoms with van der Waals surface area (Å²) in [4.78, 5) is 6.76. The molecule has 1 fully saturated rings. The van der Waals surface area contributed by atoms with E-state index in [2.05, 4.69) is 25.8 Å². The summed E-state index contributed by atoms with van der Waals surface area (Å²) >= 11 is 0. The second-order valence-electron chi connectivity index (χ2n) is 11.3. The van der Waals surface area contributed by atoms with Crippen LogP contribution in [0.4, 0.5) is 18.9 Å². The highest BCUT2D eigenvalue weighted by atomic mass is 32.2. The molecule has 3 aromatic carbocycles. The second kappa shape index (κ2) is 10.4. The van der Waals surface area contributed by atoms with Crippen LogP contribution in [0, 0.1) is 0 Å². The zero-order valence-corrected chi connectivity index (χ0v) is 24.3. The van der Waals surface area contributed by atoms with Crippen LogP contribution in [0.25, 0.3) is 0 Å². The van der Waals surface area contributed by atoms with Crippen molar-refractivity contribution in [3.8, 4) is 17.2 Å². The summed E-state index contributed by atoms with van der Waals surface area (Å²) in [7, 11) is -2.27. The molecular weight excluding hydrogens is 555 g/mol. The monoisotopic (exact) mass is 587 g/mol. The molecule has 5 rings (SSSR count). The number of nitrogens with zero attached hydrogens (tertiary/aromatic N) is 3. The van der Waals surface area contributed by atoms with Crippen molar-refractivity contribution in [1.29, 1.82) is 0 Å². The molecule has 11 heteroatoms. The van der Waals surface area contributed by atoms with Gasteiger partial charge in [-0.05, 0) is 66.4 Å². The largest absolute Gasteiger partial charge is 0.497 e. The minimum absolute atomic E-state index is 0.0339. The fourth-order valence-electron chi connectivity index (χ4n) is 5.05. The van der Waals surface area contributed by atoms with Crippen LogP contribution in [0.3, 0.4) is 0 Å². The third-order valence-electron chi connectivity index (χ3n) is 7.35. The molecule has 2 aliphatic rings. The quantitative estimate of drug-likeness (QED) is 0.346. The predicted molar refractivity (Wildman–Crippen MR) is 151 cm³/mol. The third-order valence-corrected chi connectivity index (χ3v) is 9.38. The minimum atomic E-state index is -4.55. The summed E-state index contributed by atoms with van der Waals surface area (Å²) in [5, 5.41) is 0. The number of piperazine rings is 1. The fraction of sp³-hybridized carbons (Fsp3) is 0.367. The zero-order chi connectivity index (χ0) is 29.7. The number of alkyl halides is 3. The fourth-order valence-corrected chi connectivity index (χ4v) is 6.67. The summed E-state index contributed by atoms with van der Waals surface area (Å²) in [5.41, 5.74) is 0.657. The summed E-state index contributed by atoms with van der Waals surface area (Å²) in [6.07, 6.45) is -4.55. The average molecular weight is 588 g/mol. The first-order chi connectivity index (χ1) is 19.2. The van der Waals surface area contributed by atoms with Gasteiger partial charge in [0.2, 0.25) is 10.0 Å². The first-order valence-electron chi connectivity index (χ1n) is 13.2. The molecule has 0 spiro atoms. The van der Waals surface area contributed by atoms with Gasteiger partial charge in [0, 0.05) is 25.7 Å². The molecule has 0 N–H and O–H groups in total. The Bertz CT molecular complexity index is 1600. The van der Waals surface area contributed by atoms with Gasteiger partial charge < -0.3 is 14.4 Å². The number of rotatable bonds is 3. The summed E-state index contributed by atoms with van der Waals surface area (Å²) in [6.45, 7) is 8.71. The molecule has 218 valence electrons. The highest BCUT2D eigenvalue weighted by Crippen LogP contribution is 2.43. The number of halogens is 3. The van der Waals surface area contributed by atoms with E-state index in [0.717, 1.165) is 17.7 Å². The molecule has 0 aliphatic carbocycles. The van der Waals surface area contributed by atoms with Gasteiger partial charge in [0.15, 0.2) is 5.75 Å². The van der Waals surface area contributed by atoms with E-state index < -0.39 is 27.8 Å². The Balaban J connectivity index is 1.49. The van der Waals surface area contributed by atoms with E-state index in [0.29, 0.717) is 22.9 Å². The molecule has 7 nitrogen and oxygen atoms in total. The number of hydrogen-bond donors (Lipinski definition) is 0. The average Bonchev–Trinajstić information content (AvgIpc) is 3.07. The predicted octanol–water partition coefficient (Wildman–Crippen LogP) is 6.59. The van der Waals surface area contributed by atoms with Crippen LogP contribution < -0.4 is 9.47 Å². The molecule has 41 heavy (non-hydrogen) atoms. The first kappa shape index (κ1) is 28.9. The molecule has 1 atom stereocenters. The van der Waals surface area contributed by atoms with Crippen LogP contribution in [0.2, 0.25) is 0 Å². The number of benzene rings is 3. The molecule has 1 saturated heterocycles.